The highest BCUT2D eigenvalue weighted by atomic mass is 19.1. The largest absolute Gasteiger partial charge is 0.373 e. The van der Waals surface area contributed by atoms with Gasteiger partial charge in [-0.05, 0) is 18.1 Å². The number of hydrogen-bond donors (Lipinski definition) is 1. The van der Waals surface area contributed by atoms with Crippen molar-refractivity contribution in [2.45, 2.75) is 13.5 Å². The Kier molecular flexibility index (Phi) is 3.93. The molecule has 0 spiro atoms. The SMILES string of the molecule is Cc1ccccc1CNc1c(F)cc(F)cc1[N+](=O)[O-]. The summed E-state index contributed by atoms with van der Waals surface area (Å²) in [5.74, 6) is -1.96. The zero-order valence-corrected chi connectivity index (χ0v) is 10.7. The maximum absolute atomic E-state index is 13.7. The third-order valence-electron chi connectivity index (χ3n) is 2.95. The Morgan fingerprint density at radius 3 is 2.60 bits per heavy atom. The molecule has 4 nitrogen and oxygen atoms in total. The summed E-state index contributed by atoms with van der Waals surface area (Å²) < 4.78 is 26.7. The van der Waals surface area contributed by atoms with Crippen molar-refractivity contribution in [1.82, 2.24) is 0 Å². The van der Waals surface area contributed by atoms with Crippen LogP contribution in [0.4, 0.5) is 20.2 Å². The lowest BCUT2D eigenvalue weighted by Crippen LogP contribution is -2.06. The Morgan fingerprint density at radius 2 is 1.95 bits per heavy atom. The Balaban J connectivity index is 2.30. The minimum absolute atomic E-state index is 0.218. The fraction of sp³-hybridized carbons (Fsp3) is 0.143. The van der Waals surface area contributed by atoms with Crippen LogP contribution in [-0.2, 0) is 6.54 Å². The van der Waals surface area contributed by atoms with Gasteiger partial charge in [0.25, 0.3) is 5.69 Å². The van der Waals surface area contributed by atoms with E-state index in [4.69, 9.17) is 0 Å². The fourth-order valence-electron chi connectivity index (χ4n) is 1.87. The van der Waals surface area contributed by atoms with E-state index in [0.717, 1.165) is 11.1 Å². The second-order valence-corrected chi connectivity index (χ2v) is 4.32. The van der Waals surface area contributed by atoms with Crippen molar-refractivity contribution in [1.29, 1.82) is 0 Å². The molecule has 0 fully saturated rings. The summed E-state index contributed by atoms with van der Waals surface area (Å²) in [4.78, 5) is 10.0. The van der Waals surface area contributed by atoms with Gasteiger partial charge in [0.1, 0.15) is 11.5 Å². The topological polar surface area (TPSA) is 55.2 Å². The summed E-state index contributed by atoms with van der Waals surface area (Å²) in [6.07, 6.45) is 0. The highest BCUT2D eigenvalue weighted by Crippen LogP contribution is 2.29. The number of hydrogen-bond acceptors (Lipinski definition) is 3. The van der Waals surface area contributed by atoms with Gasteiger partial charge in [0.05, 0.1) is 11.0 Å². The quantitative estimate of drug-likeness (QED) is 0.683. The number of nitro groups is 1. The molecule has 0 aliphatic heterocycles. The molecule has 2 rings (SSSR count). The molecule has 6 heteroatoms. The van der Waals surface area contributed by atoms with E-state index in [1.165, 1.54) is 0 Å². The highest BCUT2D eigenvalue weighted by Gasteiger charge is 2.20. The van der Waals surface area contributed by atoms with Crippen LogP contribution < -0.4 is 5.32 Å². The zero-order chi connectivity index (χ0) is 14.7. The van der Waals surface area contributed by atoms with Crippen LogP contribution >= 0.6 is 0 Å². The van der Waals surface area contributed by atoms with Crippen molar-refractivity contribution < 1.29 is 13.7 Å². The Labute approximate surface area is 114 Å². The number of nitro benzene ring substituents is 1. The molecule has 0 bridgehead atoms. The average molecular weight is 278 g/mol. The molecule has 104 valence electrons. The summed E-state index contributed by atoms with van der Waals surface area (Å²) in [5, 5.41) is 13.5. The summed E-state index contributed by atoms with van der Waals surface area (Å²) in [6.45, 7) is 2.10. The zero-order valence-electron chi connectivity index (χ0n) is 10.7. The normalized spacial score (nSPS) is 10.3. The monoisotopic (exact) mass is 278 g/mol. The molecule has 0 unspecified atom stereocenters. The minimum atomic E-state index is -0.981. The third-order valence-corrected chi connectivity index (χ3v) is 2.95. The Morgan fingerprint density at radius 1 is 1.25 bits per heavy atom. The van der Waals surface area contributed by atoms with Gasteiger partial charge in [-0.2, -0.15) is 0 Å². The molecule has 2 aromatic carbocycles. The number of anilines is 1. The molecule has 2 aromatic rings. The van der Waals surface area contributed by atoms with Gasteiger partial charge in [-0.15, -0.1) is 0 Å². The van der Waals surface area contributed by atoms with Crippen molar-refractivity contribution in [3.05, 3.63) is 69.3 Å². The molecule has 0 aliphatic carbocycles. The van der Waals surface area contributed by atoms with Gasteiger partial charge < -0.3 is 5.32 Å². The fourth-order valence-corrected chi connectivity index (χ4v) is 1.87. The van der Waals surface area contributed by atoms with Crippen molar-refractivity contribution in [2.75, 3.05) is 5.32 Å². The smallest absolute Gasteiger partial charge is 0.298 e. The maximum atomic E-state index is 13.7. The van der Waals surface area contributed by atoms with Crippen molar-refractivity contribution in [3.63, 3.8) is 0 Å². The molecule has 0 aliphatic rings. The summed E-state index contributed by atoms with van der Waals surface area (Å²) in [7, 11) is 0. The van der Waals surface area contributed by atoms with Gasteiger partial charge in [0.15, 0.2) is 5.82 Å². The molecule has 0 radical (unpaired) electrons. The molecule has 0 atom stereocenters. The van der Waals surface area contributed by atoms with E-state index in [2.05, 4.69) is 5.32 Å². The molecular weight excluding hydrogens is 266 g/mol. The summed E-state index contributed by atoms with van der Waals surface area (Å²) in [5.41, 5.74) is 0.937. The van der Waals surface area contributed by atoms with Gasteiger partial charge in [0.2, 0.25) is 0 Å². The van der Waals surface area contributed by atoms with Crippen LogP contribution in [0.1, 0.15) is 11.1 Å². The van der Waals surface area contributed by atoms with E-state index < -0.39 is 22.2 Å². The molecule has 0 heterocycles. The van der Waals surface area contributed by atoms with Crippen LogP contribution in [-0.4, -0.2) is 4.92 Å². The predicted octanol–water partition coefficient (Wildman–Crippen LogP) is 3.79. The summed E-state index contributed by atoms with van der Waals surface area (Å²) in [6, 6.07) is 8.71. The van der Waals surface area contributed by atoms with E-state index in [0.29, 0.717) is 12.1 Å². The molecule has 0 saturated carbocycles. The standard InChI is InChI=1S/C14H12F2N2O2/c1-9-4-2-3-5-10(9)8-17-14-12(16)6-11(15)7-13(14)18(19)20/h2-7,17H,8H2,1H3. The number of benzene rings is 2. The van der Waals surface area contributed by atoms with Gasteiger partial charge in [-0.1, -0.05) is 24.3 Å². The number of nitrogens with zero attached hydrogens (tertiary/aromatic N) is 1. The van der Waals surface area contributed by atoms with Crippen LogP contribution in [0.3, 0.4) is 0 Å². The number of rotatable bonds is 4. The van der Waals surface area contributed by atoms with E-state index in [1.54, 1.807) is 0 Å². The van der Waals surface area contributed by atoms with Crippen LogP contribution in [0.5, 0.6) is 0 Å². The lowest BCUT2D eigenvalue weighted by Gasteiger charge is -2.10. The third kappa shape index (κ3) is 2.90. The first-order chi connectivity index (χ1) is 9.49. The van der Waals surface area contributed by atoms with Crippen LogP contribution in [0.15, 0.2) is 36.4 Å². The first-order valence-corrected chi connectivity index (χ1v) is 5.91. The van der Waals surface area contributed by atoms with Gasteiger partial charge in [-0.25, -0.2) is 8.78 Å². The molecule has 0 amide bonds. The highest BCUT2D eigenvalue weighted by molar-refractivity contribution is 5.62. The van der Waals surface area contributed by atoms with Gasteiger partial charge in [-0.3, -0.25) is 10.1 Å². The number of halogens is 2. The Hall–Kier alpha value is -2.50. The van der Waals surface area contributed by atoms with Crippen molar-refractivity contribution >= 4 is 11.4 Å². The average Bonchev–Trinajstić information content (AvgIpc) is 2.38. The second kappa shape index (κ2) is 5.64. The van der Waals surface area contributed by atoms with Crippen LogP contribution in [0, 0.1) is 28.7 Å². The first-order valence-electron chi connectivity index (χ1n) is 5.91. The van der Waals surface area contributed by atoms with E-state index in [-0.39, 0.29) is 12.2 Å². The Bertz CT molecular complexity index is 660. The van der Waals surface area contributed by atoms with Crippen LogP contribution in [0.2, 0.25) is 0 Å². The van der Waals surface area contributed by atoms with E-state index in [9.17, 15) is 18.9 Å². The van der Waals surface area contributed by atoms with E-state index in [1.807, 2.05) is 31.2 Å². The maximum Gasteiger partial charge on any atom is 0.298 e. The second-order valence-electron chi connectivity index (χ2n) is 4.32. The molecule has 0 aromatic heterocycles. The lowest BCUT2D eigenvalue weighted by atomic mass is 10.1. The van der Waals surface area contributed by atoms with Gasteiger partial charge in [0, 0.05) is 12.6 Å². The molecule has 1 N–H and O–H groups in total. The number of nitrogens with one attached hydrogen (secondary N) is 1. The summed E-state index contributed by atoms with van der Waals surface area (Å²) >= 11 is 0. The van der Waals surface area contributed by atoms with Gasteiger partial charge >= 0.3 is 0 Å². The molecular formula is C14H12F2N2O2. The first kappa shape index (κ1) is 13.9. The minimum Gasteiger partial charge on any atom is -0.373 e. The number of aryl methyl sites for hydroxylation is 1. The van der Waals surface area contributed by atoms with Crippen molar-refractivity contribution in [3.8, 4) is 0 Å². The van der Waals surface area contributed by atoms with Crippen molar-refractivity contribution in [2.24, 2.45) is 0 Å². The predicted molar refractivity (Wildman–Crippen MR) is 71.5 cm³/mol. The van der Waals surface area contributed by atoms with Crippen LogP contribution in [0.25, 0.3) is 0 Å². The molecule has 20 heavy (non-hydrogen) atoms. The lowest BCUT2D eigenvalue weighted by molar-refractivity contribution is -0.384. The molecule has 0 saturated heterocycles. The van der Waals surface area contributed by atoms with E-state index >= 15 is 0 Å².